The van der Waals surface area contributed by atoms with E-state index in [1.54, 1.807) is 0 Å². The minimum Gasteiger partial charge on any atom is -0.399 e. The number of benzene rings is 1. The van der Waals surface area contributed by atoms with E-state index in [1.165, 1.54) is 0 Å². The van der Waals surface area contributed by atoms with E-state index in [0.717, 1.165) is 60.9 Å². The maximum atomic E-state index is 13.2. The van der Waals surface area contributed by atoms with E-state index in [0.29, 0.717) is 6.54 Å². The van der Waals surface area contributed by atoms with E-state index < -0.39 is 0 Å². The van der Waals surface area contributed by atoms with Gasteiger partial charge in [-0.25, -0.2) is 0 Å². The molecule has 1 aromatic heterocycles. The van der Waals surface area contributed by atoms with Crippen molar-refractivity contribution >= 4 is 23.0 Å². The van der Waals surface area contributed by atoms with Crippen molar-refractivity contribution in [1.82, 2.24) is 9.88 Å². The van der Waals surface area contributed by atoms with Crippen LogP contribution in [0.4, 0.5) is 17.1 Å². The number of nitrogens with zero attached hydrogens (tertiary/aromatic N) is 4. The molecule has 27 heavy (non-hydrogen) atoms. The molecule has 3 heterocycles. The minimum atomic E-state index is -0.159. The minimum absolute atomic E-state index is 0.143. The van der Waals surface area contributed by atoms with Crippen LogP contribution in [0.5, 0.6) is 0 Å². The average molecular weight is 365 g/mol. The van der Waals surface area contributed by atoms with Gasteiger partial charge in [0.25, 0.3) is 0 Å². The molecule has 1 unspecified atom stereocenters. The number of amides is 1. The summed E-state index contributed by atoms with van der Waals surface area (Å²) in [6.45, 7) is 6.56. The number of hydrogen-bond acceptors (Lipinski definition) is 5. The van der Waals surface area contributed by atoms with Crippen LogP contribution in [0.25, 0.3) is 0 Å². The van der Waals surface area contributed by atoms with Crippen molar-refractivity contribution in [3.05, 3.63) is 47.8 Å². The molecule has 6 nitrogen and oxygen atoms in total. The van der Waals surface area contributed by atoms with Crippen molar-refractivity contribution in [3.8, 4) is 0 Å². The summed E-state index contributed by atoms with van der Waals surface area (Å²) in [6.07, 6.45) is 2.62. The molecule has 4 rings (SSSR count). The highest BCUT2D eigenvalue weighted by Gasteiger charge is 2.40. The highest BCUT2D eigenvalue weighted by Crippen LogP contribution is 2.44. The Morgan fingerprint density at radius 1 is 1.19 bits per heavy atom. The molecule has 0 aliphatic carbocycles. The number of carbonyl (C=O) groups excluding carboxylic acids is 1. The second-order valence-corrected chi connectivity index (χ2v) is 7.48. The van der Waals surface area contributed by atoms with Gasteiger partial charge in [-0.2, -0.15) is 0 Å². The molecule has 1 amide bonds. The predicted molar refractivity (Wildman–Crippen MR) is 109 cm³/mol. The Bertz CT molecular complexity index is 844. The number of piperazine rings is 1. The first-order valence-corrected chi connectivity index (χ1v) is 9.66. The molecule has 0 spiro atoms. The number of rotatable bonds is 4. The van der Waals surface area contributed by atoms with E-state index in [2.05, 4.69) is 34.8 Å². The molecule has 1 atom stereocenters. The first-order valence-electron chi connectivity index (χ1n) is 9.66. The Balaban J connectivity index is 1.73. The fraction of sp³-hybridized carbons (Fsp3) is 0.429. The lowest BCUT2D eigenvalue weighted by molar-refractivity contribution is -0.119. The van der Waals surface area contributed by atoms with Crippen molar-refractivity contribution in [3.63, 3.8) is 0 Å². The van der Waals surface area contributed by atoms with E-state index in [-0.39, 0.29) is 11.8 Å². The number of pyridine rings is 1. The summed E-state index contributed by atoms with van der Waals surface area (Å²) < 4.78 is 0. The topological polar surface area (TPSA) is 65.7 Å². The van der Waals surface area contributed by atoms with Crippen molar-refractivity contribution < 1.29 is 4.79 Å². The Hall–Kier alpha value is -2.60. The number of nitrogen functional groups attached to an aromatic ring is 1. The summed E-state index contributed by atoms with van der Waals surface area (Å²) >= 11 is 0. The summed E-state index contributed by atoms with van der Waals surface area (Å²) in [6, 6.07) is 9.83. The third kappa shape index (κ3) is 3.25. The Morgan fingerprint density at radius 2 is 1.96 bits per heavy atom. The van der Waals surface area contributed by atoms with Crippen LogP contribution in [0.3, 0.4) is 0 Å². The lowest BCUT2D eigenvalue weighted by atomic mass is 10.0. The number of nitrogens with two attached hydrogens (primary N) is 1. The molecule has 1 saturated heterocycles. The average Bonchev–Trinajstić information content (AvgIpc) is 2.94. The maximum Gasteiger partial charge on any atom is 0.236 e. The number of hydrogen-bond donors (Lipinski definition) is 1. The molecule has 142 valence electrons. The van der Waals surface area contributed by atoms with Gasteiger partial charge in [-0.05, 0) is 37.2 Å². The van der Waals surface area contributed by atoms with Gasteiger partial charge in [0, 0.05) is 38.1 Å². The third-order valence-corrected chi connectivity index (χ3v) is 5.64. The summed E-state index contributed by atoms with van der Waals surface area (Å²) in [5, 5.41) is 0. The lowest BCUT2D eigenvalue weighted by Crippen LogP contribution is -2.45. The van der Waals surface area contributed by atoms with E-state index in [9.17, 15) is 4.79 Å². The molecule has 2 aliphatic rings. The summed E-state index contributed by atoms with van der Waals surface area (Å²) in [4.78, 5) is 24.5. The Kier molecular flexibility index (Phi) is 4.74. The molecule has 2 aromatic rings. The van der Waals surface area contributed by atoms with Gasteiger partial charge in [-0.3, -0.25) is 9.78 Å². The van der Waals surface area contributed by atoms with Gasteiger partial charge in [-0.1, -0.05) is 19.1 Å². The number of fused-ring (bicyclic) bond motifs is 1. The smallest absolute Gasteiger partial charge is 0.236 e. The lowest BCUT2D eigenvalue weighted by Gasteiger charge is -2.36. The second-order valence-electron chi connectivity index (χ2n) is 7.48. The molecule has 2 N–H and O–H groups in total. The Morgan fingerprint density at radius 3 is 2.67 bits per heavy atom. The first kappa shape index (κ1) is 17.8. The van der Waals surface area contributed by atoms with E-state index in [4.69, 9.17) is 5.73 Å². The molecular formula is C21H27N5O. The van der Waals surface area contributed by atoms with Crippen LogP contribution in [0, 0.1) is 0 Å². The van der Waals surface area contributed by atoms with Crippen LogP contribution in [0.15, 0.2) is 36.5 Å². The van der Waals surface area contributed by atoms with Crippen LogP contribution in [-0.4, -0.2) is 49.0 Å². The van der Waals surface area contributed by atoms with Crippen LogP contribution in [0.1, 0.15) is 30.5 Å². The number of carbonyl (C=O) groups is 1. The molecular weight excluding hydrogens is 338 g/mol. The van der Waals surface area contributed by atoms with Crippen LogP contribution >= 0.6 is 0 Å². The predicted octanol–water partition coefficient (Wildman–Crippen LogP) is 2.46. The molecule has 1 aromatic carbocycles. The highest BCUT2D eigenvalue weighted by molar-refractivity contribution is 6.07. The number of likely N-dealkylation sites (N-methyl/N-ethyl adjacent to an activating group) is 1. The van der Waals surface area contributed by atoms with Gasteiger partial charge in [0.1, 0.15) is 0 Å². The fourth-order valence-electron chi connectivity index (χ4n) is 4.11. The zero-order valence-corrected chi connectivity index (χ0v) is 16.1. The summed E-state index contributed by atoms with van der Waals surface area (Å²) in [5.41, 5.74) is 10.7. The third-order valence-electron chi connectivity index (χ3n) is 5.64. The van der Waals surface area contributed by atoms with Crippen molar-refractivity contribution in [1.29, 1.82) is 0 Å². The zero-order chi connectivity index (χ0) is 19.0. The number of anilines is 3. The highest BCUT2D eigenvalue weighted by atomic mass is 16.2. The second kappa shape index (κ2) is 7.19. The quantitative estimate of drug-likeness (QED) is 0.843. The summed E-state index contributed by atoms with van der Waals surface area (Å²) in [5.74, 6) is -0.0162. The molecule has 2 aliphatic heterocycles. The van der Waals surface area contributed by atoms with Gasteiger partial charge in [0.2, 0.25) is 5.91 Å². The monoisotopic (exact) mass is 365 g/mol. The molecule has 0 radical (unpaired) electrons. The molecule has 0 saturated carbocycles. The first-order chi connectivity index (χ1) is 13.1. The molecule has 0 bridgehead atoms. The summed E-state index contributed by atoms with van der Waals surface area (Å²) in [7, 11) is 2.15. The largest absolute Gasteiger partial charge is 0.399 e. The van der Waals surface area contributed by atoms with Gasteiger partial charge in [-0.15, -0.1) is 0 Å². The van der Waals surface area contributed by atoms with Crippen molar-refractivity contribution in [2.75, 3.05) is 48.8 Å². The van der Waals surface area contributed by atoms with Gasteiger partial charge < -0.3 is 20.4 Å². The zero-order valence-electron chi connectivity index (χ0n) is 16.1. The molecule has 1 fully saturated rings. The standard InChI is InChI=1S/C21H27N5O/c1-3-17-19-20(18(7-8-23-19)25-11-9-24(2)10-12-25)26(21(17)27)14-15-5-4-6-16(22)13-15/h4-8,13,17H,3,9-12,14,22H2,1-2H3. The van der Waals surface area contributed by atoms with Gasteiger partial charge in [0.15, 0.2) is 0 Å². The number of aromatic nitrogens is 1. The normalized spacial score (nSPS) is 20.2. The SMILES string of the molecule is CCC1C(=O)N(Cc2cccc(N)c2)c2c(N3CCN(C)CC3)ccnc21. The van der Waals surface area contributed by atoms with Crippen LogP contribution in [-0.2, 0) is 11.3 Å². The van der Waals surface area contributed by atoms with Crippen LogP contribution < -0.4 is 15.5 Å². The van der Waals surface area contributed by atoms with Crippen molar-refractivity contribution in [2.45, 2.75) is 25.8 Å². The van der Waals surface area contributed by atoms with E-state index >= 15 is 0 Å². The Labute approximate surface area is 160 Å². The van der Waals surface area contributed by atoms with Gasteiger partial charge >= 0.3 is 0 Å². The van der Waals surface area contributed by atoms with Crippen LogP contribution in [0.2, 0.25) is 0 Å². The van der Waals surface area contributed by atoms with E-state index in [1.807, 2.05) is 35.4 Å². The fourth-order valence-corrected chi connectivity index (χ4v) is 4.11. The van der Waals surface area contributed by atoms with Gasteiger partial charge in [0.05, 0.1) is 29.5 Å². The van der Waals surface area contributed by atoms with Crippen molar-refractivity contribution in [2.24, 2.45) is 0 Å². The maximum absolute atomic E-state index is 13.2. The molecule has 6 heteroatoms.